The first kappa shape index (κ1) is 44.4. The fourth-order valence-corrected chi connectivity index (χ4v) is 16.5. The molecule has 0 atom stereocenters. The van der Waals surface area contributed by atoms with E-state index in [4.69, 9.17) is 0 Å². The standard InChI is InChI=1S/2C27H33.2ClH.Hf/c2*1-25(2,3)22-10-8-18(9-11-22)19-14-20-16-23-24(17-21(20)15-19)27(6,7)13-12-26(23,4)5;;;/h2*8-11,16-17H,12-14H2,1-7H3;2*1H;/q;;;;+2/p-2. The van der Waals surface area contributed by atoms with Crippen molar-refractivity contribution in [2.75, 3.05) is 0 Å². The molecule has 57 heavy (non-hydrogen) atoms. The van der Waals surface area contributed by atoms with Crippen LogP contribution < -0.4 is 24.8 Å². The number of rotatable bonds is 4. The average molecular weight is 965 g/mol. The van der Waals surface area contributed by atoms with Crippen molar-refractivity contribution in [1.82, 2.24) is 0 Å². The number of halogens is 2. The van der Waals surface area contributed by atoms with Crippen LogP contribution in [-0.2, 0) is 68.2 Å². The first-order valence-corrected chi connectivity index (χ1v) is 24.9. The Morgan fingerprint density at radius 3 is 0.982 bits per heavy atom. The van der Waals surface area contributed by atoms with Crippen LogP contribution in [0.5, 0.6) is 0 Å². The van der Waals surface area contributed by atoms with Gasteiger partial charge in [-0.05, 0) is 0 Å². The van der Waals surface area contributed by atoms with E-state index in [0.717, 1.165) is 12.8 Å². The van der Waals surface area contributed by atoms with E-state index in [1.54, 1.807) is 62.3 Å². The summed E-state index contributed by atoms with van der Waals surface area (Å²) in [6.45, 7) is 34.0. The van der Waals surface area contributed by atoms with Crippen molar-refractivity contribution in [3.8, 4) is 0 Å². The van der Waals surface area contributed by atoms with Gasteiger partial charge in [-0.1, -0.05) is 0 Å². The molecular formula is C54H66Cl2Hf. The Morgan fingerprint density at radius 2 is 0.702 bits per heavy atom. The van der Waals surface area contributed by atoms with E-state index in [2.05, 4.69) is 170 Å². The first-order chi connectivity index (χ1) is 25.5. The summed E-state index contributed by atoms with van der Waals surface area (Å²) in [5.74, 6) is 0. The summed E-state index contributed by atoms with van der Waals surface area (Å²) in [6, 6.07) is 30.3. The van der Waals surface area contributed by atoms with Gasteiger partial charge >= 0.3 is 348 Å². The summed E-state index contributed by atoms with van der Waals surface area (Å²) in [6.07, 6.45) is 7.11. The van der Waals surface area contributed by atoms with Crippen LogP contribution in [0.15, 0.2) is 72.8 Å². The van der Waals surface area contributed by atoms with Crippen LogP contribution in [0.1, 0.15) is 189 Å². The van der Waals surface area contributed by atoms with Gasteiger partial charge in [-0.2, -0.15) is 0 Å². The largest absolute Gasteiger partial charge is 1.00 e. The van der Waals surface area contributed by atoms with Gasteiger partial charge in [-0.25, -0.2) is 0 Å². The van der Waals surface area contributed by atoms with E-state index < -0.39 is 22.9 Å². The molecule has 300 valence electrons. The second kappa shape index (κ2) is 14.8. The van der Waals surface area contributed by atoms with Crippen LogP contribution in [0.3, 0.4) is 0 Å². The monoisotopic (exact) mass is 964 g/mol. The van der Waals surface area contributed by atoms with Gasteiger partial charge in [0.15, 0.2) is 0 Å². The topological polar surface area (TPSA) is 0 Å². The molecule has 0 aliphatic heterocycles. The van der Waals surface area contributed by atoms with Gasteiger partial charge in [-0.15, -0.1) is 0 Å². The third-order valence-corrected chi connectivity index (χ3v) is 20.4. The Labute approximate surface area is 370 Å². The quantitative estimate of drug-likeness (QED) is 0.180. The molecule has 0 unspecified atom stereocenters. The smallest absolute Gasteiger partial charge is 1.00 e. The molecule has 0 radical (unpaired) electrons. The molecule has 0 saturated heterocycles. The van der Waals surface area contributed by atoms with Gasteiger partial charge in [-0.3, -0.25) is 0 Å². The van der Waals surface area contributed by atoms with Crippen molar-refractivity contribution >= 4 is 17.8 Å². The third kappa shape index (κ3) is 7.83. The first-order valence-electron chi connectivity index (χ1n) is 21.3. The molecule has 0 aromatic heterocycles. The van der Waals surface area contributed by atoms with Crippen molar-refractivity contribution < 1.29 is 47.7 Å². The van der Waals surface area contributed by atoms with E-state index in [1.807, 2.05) is 0 Å². The van der Waals surface area contributed by atoms with Gasteiger partial charge in [0.2, 0.25) is 0 Å². The molecule has 0 bridgehead atoms. The molecule has 0 spiro atoms. The molecule has 0 nitrogen and oxygen atoms in total. The minimum atomic E-state index is -1.68. The second-order valence-corrected chi connectivity index (χ2v) is 27.0. The molecule has 0 N–H and O–H groups in total. The maximum absolute atomic E-state index is 2.72. The molecule has 0 fully saturated rings. The minimum absolute atomic E-state index is 0. The van der Waals surface area contributed by atoms with Crippen LogP contribution >= 0.6 is 0 Å². The molecule has 4 aliphatic carbocycles. The third-order valence-electron chi connectivity index (χ3n) is 14.5. The van der Waals surface area contributed by atoms with Crippen LogP contribution in [0.2, 0.25) is 0 Å². The summed E-state index contributed by atoms with van der Waals surface area (Å²) in [5, 5.41) is 0. The van der Waals surface area contributed by atoms with Crippen LogP contribution in [0, 0.1) is 0 Å². The summed E-state index contributed by atoms with van der Waals surface area (Å²) in [7, 11) is 0. The molecule has 0 saturated carbocycles. The predicted octanol–water partition coefficient (Wildman–Crippen LogP) is 8.62. The fraction of sp³-hybridized carbons (Fsp3) is 0.481. The number of hydrogen-bond acceptors (Lipinski definition) is 0. The predicted molar refractivity (Wildman–Crippen MR) is 235 cm³/mol. The molecule has 4 aliphatic rings. The normalized spacial score (nSPS) is 19.8. The second-order valence-electron chi connectivity index (χ2n) is 22.5. The molecular weight excluding hydrogens is 898 g/mol. The van der Waals surface area contributed by atoms with Crippen molar-refractivity contribution in [2.24, 2.45) is 0 Å². The molecule has 3 heteroatoms. The maximum Gasteiger partial charge on any atom is -1.00 e. The van der Waals surface area contributed by atoms with Gasteiger partial charge in [0.1, 0.15) is 0 Å². The van der Waals surface area contributed by atoms with E-state index in [-0.39, 0.29) is 57.3 Å². The molecule has 4 aromatic rings. The van der Waals surface area contributed by atoms with Crippen LogP contribution in [0.4, 0.5) is 0 Å². The Kier molecular flexibility index (Phi) is 11.5. The van der Waals surface area contributed by atoms with Gasteiger partial charge < -0.3 is 24.8 Å². The Bertz CT molecular complexity index is 2110. The summed E-state index contributed by atoms with van der Waals surface area (Å²) in [5.41, 5.74) is 22.7. The maximum atomic E-state index is 2.72. The van der Waals surface area contributed by atoms with Crippen molar-refractivity contribution in [3.63, 3.8) is 0 Å². The van der Waals surface area contributed by atoms with E-state index in [0.29, 0.717) is 0 Å². The van der Waals surface area contributed by atoms with Crippen LogP contribution in [-0.4, -0.2) is 0 Å². The zero-order valence-electron chi connectivity index (χ0n) is 37.4. The van der Waals surface area contributed by atoms with Crippen molar-refractivity contribution in [2.45, 2.75) is 168 Å². The van der Waals surface area contributed by atoms with Crippen molar-refractivity contribution in [3.05, 3.63) is 140 Å². The SMILES string of the molecule is CC(C)(C)c1ccc(C2=[C]([Hf+2][C]3=C(c4ccc(C(C)(C)C)cc4)Cc4cc5c(cc43)C(C)(C)CCC5(C)C)c3cc4c(cc3C2)C(C)(C)CCC4(C)C)cc1.[Cl-].[Cl-]. The molecule has 4 aromatic carbocycles. The van der Waals surface area contributed by atoms with E-state index in [9.17, 15) is 0 Å². The van der Waals surface area contributed by atoms with Gasteiger partial charge in [0, 0.05) is 0 Å². The Hall–Kier alpha value is -2.19. The number of allylic oxidation sites excluding steroid dienone is 2. The fourth-order valence-electron chi connectivity index (χ4n) is 10.2. The molecule has 0 amide bonds. The Morgan fingerprint density at radius 1 is 0.421 bits per heavy atom. The summed E-state index contributed by atoms with van der Waals surface area (Å²) < 4.78 is 3.48. The van der Waals surface area contributed by atoms with Crippen molar-refractivity contribution in [1.29, 1.82) is 0 Å². The Balaban J connectivity index is 0.00000275. The van der Waals surface area contributed by atoms with E-state index in [1.165, 1.54) is 47.9 Å². The number of hydrogen-bond donors (Lipinski definition) is 0. The molecule has 8 rings (SSSR count). The summed E-state index contributed by atoms with van der Waals surface area (Å²) in [4.78, 5) is 0. The van der Waals surface area contributed by atoms with Gasteiger partial charge in [0.25, 0.3) is 0 Å². The average Bonchev–Trinajstić information content (AvgIpc) is 3.65. The summed E-state index contributed by atoms with van der Waals surface area (Å²) >= 11 is -1.68. The zero-order valence-corrected chi connectivity index (χ0v) is 42.5. The zero-order chi connectivity index (χ0) is 39.7. The number of benzene rings is 4. The van der Waals surface area contributed by atoms with E-state index >= 15 is 0 Å². The molecule has 0 heterocycles. The number of fused-ring (bicyclic) bond motifs is 4. The van der Waals surface area contributed by atoms with Crippen LogP contribution in [0.25, 0.3) is 17.8 Å². The van der Waals surface area contributed by atoms with Gasteiger partial charge in [0.05, 0.1) is 0 Å². The minimum Gasteiger partial charge on any atom is -1.00 e.